The van der Waals surface area contributed by atoms with Gasteiger partial charge in [0, 0.05) is 43.4 Å². The third kappa shape index (κ3) is 3.95. The van der Waals surface area contributed by atoms with Gasteiger partial charge in [0.15, 0.2) is 0 Å². The van der Waals surface area contributed by atoms with Crippen molar-refractivity contribution in [2.45, 2.75) is 26.9 Å². The lowest BCUT2D eigenvalue weighted by molar-refractivity contribution is 0.0955. The van der Waals surface area contributed by atoms with Gasteiger partial charge in [0.2, 0.25) is 0 Å². The minimum absolute atomic E-state index is 0.143. The Morgan fingerprint density at radius 1 is 1.32 bits per heavy atom. The van der Waals surface area contributed by atoms with Crippen molar-refractivity contribution in [2.75, 3.05) is 0 Å². The number of carbonyl (C=O) groups excluding carboxylic acids is 1. The Hall–Kier alpha value is -2.64. The summed E-state index contributed by atoms with van der Waals surface area (Å²) < 4.78 is 3.83. The van der Waals surface area contributed by atoms with E-state index in [1.807, 2.05) is 39.8 Å². The summed E-state index contributed by atoms with van der Waals surface area (Å²) in [5.74, 6) is 0.366. The molecule has 28 heavy (non-hydrogen) atoms. The molecule has 6 nitrogen and oxygen atoms in total. The number of aromatic nitrogens is 4. The molecule has 4 rings (SSSR count). The van der Waals surface area contributed by atoms with Crippen LogP contribution in [0.1, 0.15) is 29.1 Å². The zero-order valence-corrected chi connectivity index (χ0v) is 17.2. The molecule has 0 saturated heterocycles. The van der Waals surface area contributed by atoms with Crippen LogP contribution in [0.15, 0.2) is 49.2 Å². The van der Waals surface area contributed by atoms with Crippen LogP contribution in [0, 0.1) is 5.92 Å². The molecule has 0 aliphatic heterocycles. The predicted molar refractivity (Wildman–Crippen MR) is 112 cm³/mol. The number of hydrogen-bond acceptors (Lipinski definition) is 4. The van der Waals surface area contributed by atoms with E-state index in [0.717, 1.165) is 28.2 Å². The molecule has 0 aliphatic rings. The molecule has 4 aromatic rings. The largest absolute Gasteiger partial charge is 0.347 e. The van der Waals surface area contributed by atoms with Crippen molar-refractivity contribution < 1.29 is 4.79 Å². The fraction of sp³-hybridized carbons (Fsp3) is 0.250. The zero-order chi connectivity index (χ0) is 19.7. The van der Waals surface area contributed by atoms with Crippen molar-refractivity contribution in [3.63, 3.8) is 0 Å². The third-order valence-electron chi connectivity index (χ3n) is 4.27. The second-order valence-electron chi connectivity index (χ2n) is 7.04. The van der Waals surface area contributed by atoms with Crippen LogP contribution in [0.25, 0.3) is 16.1 Å². The Bertz CT molecular complexity index is 1130. The van der Waals surface area contributed by atoms with E-state index in [9.17, 15) is 4.79 Å². The Labute approximate surface area is 171 Å². The highest BCUT2D eigenvalue weighted by atomic mass is 35.5. The molecule has 0 bridgehead atoms. The van der Waals surface area contributed by atoms with Gasteiger partial charge >= 0.3 is 0 Å². The molecule has 4 aromatic heterocycles. The summed E-state index contributed by atoms with van der Waals surface area (Å²) in [7, 11) is 0. The van der Waals surface area contributed by atoms with Gasteiger partial charge in [-0.2, -0.15) is 5.10 Å². The highest BCUT2D eigenvalue weighted by Crippen LogP contribution is 2.36. The van der Waals surface area contributed by atoms with Crippen LogP contribution in [0.5, 0.6) is 0 Å². The molecule has 1 N–H and O–H groups in total. The molecule has 0 unspecified atom stereocenters. The molecular formula is C20H20ClN5OS. The third-order valence-corrected chi connectivity index (χ3v) is 5.87. The van der Waals surface area contributed by atoms with Gasteiger partial charge in [0.05, 0.1) is 21.0 Å². The number of amides is 1. The first-order valence-corrected chi connectivity index (χ1v) is 10.2. The molecule has 0 fully saturated rings. The van der Waals surface area contributed by atoms with E-state index in [0.29, 0.717) is 22.4 Å². The average molecular weight is 414 g/mol. The number of thiophene rings is 1. The summed E-state index contributed by atoms with van der Waals surface area (Å²) in [6.45, 7) is 5.56. The van der Waals surface area contributed by atoms with Crippen LogP contribution in [-0.4, -0.2) is 25.1 Å². The van der Waals surface area contributed by atoms with Gasteiger partial charge in [-0.3, -0.25) is 9.48 Å². The molecule has 0 atom stereocenters. The Morgan fingerprint density at radius 2 is 2.18 bits per heavy atom. The molecule has 1 amide bonds. The zero-order valence-electron chi connectivity index (χ0n) is 15.6. The molecule has 8 heteroatoms. The number of hydrogen-bond donors (Lipinski definition) is 1. The number of nitrogens with one attached hydrogen (secondary N) is 1. The summed E-state index contributed by atoms with van der Waals surface area (Å²) in [6.07, 6.45) is 9.33. The Balaban J connectivity index is 1.46. The highest BCUT2D eigenvalue weighted by molar-refractivity contribution is 7.18. The predicted octanol–water partition coefficient (Wildman–Crippen LogP) is 4.50. The maximum atomic E-state index is 12.6. The van der Waals surface area contributed by atoms with Gasteiger partial charge in [0.1, 0.15) is 5.65 Å². The maximum absolute atomic E-state index is 12.6. The lowest BCUT2D eigenvalue weighted by Gasteiger charge is -2.04. The number of nitrogens with zero attached hydrogens (tertiary/aromatic N) is 4. The van der Waals surface area contributed by atoms with Crippen molar-refractivity contribution in [3.05, 3.63) is 64.6 Å². The van der Waals surface area contributed by atoms with Gasteiger partial charge in [0.25, 0.3) is 5.91 Å². The number of pyridine rings is 1. The second-order valence-corrected chi connectivity index (χ2v) is 8.50. The summed E-state index contributed by atoms with van der Waals surface area (Å²) in [5.41, 5.74) is 2.77. The van der Waals surface area contributed by atoms with Crippen molar-refractivity contribution in [1.82, 2.24) is 24.5 Å². The van der Waals surface area contributed by atoms with E-state index in [1.165, 1.54) is 11.3 Å². The smallest absolute Gasteiger partial charge is 0.261 e. The molecule has 144 valence electrons. The van der Waals surface area contributed by atoms with E-state index >= 15 is 0 Å². The lowest BCUT2D eigenvalue weighted by Crippen LogP contribution is -2.21. The first kappa shape index (κ1) is 18.7. The molecule has 0 aliphatic carbocycles. The fourth-order valence-electron chi connectivity index (χ4n) is 2.96. The quantitative estimate of drug-likeness (QED) is 0.506. The van der Waals surface area contributed by atoms with Crippen LogP contribution < -0.4 is 5.32 Å². The summed E-state index contributed by atoms with van der Waals surface area (Å²) >= 11 is 7.77. The van der Waals surface area contributed by atoms with Crippen LogP contribution in [0.3, 0.4) is 0 Å². The number of halogens is 1. The van der Waals surface area contributed by atoms with E-state index in [-0.39, 0.29) is 5.91 Å². The van der Waals surface area contributed by atoms with E-state index in [2.05, 4.69) is 29.2 Å². The van der Waals surface area contributed by atoms with Crippen molar-refractivity contribution in [3.8, 4) is 10.4 Å². The lowest BCUT2D eigenvalue weighted by atomic mass is 10.2. The number of carbonyl (C=O) groups is 1. The first-order valence-electron chi connectivity index (χ1n) is 9.01. The summed E-state index contributed by atoms with van der Waals surface area (Å²) in [5, 5.41) is 7.90. The number of fused-ring (bicyclic) bond motifs is 1. The molecule has 0 saturated carbocycles. The Morgan fingerprint density at radius 3 is 3.00 bits per heavy atom. The topological polar surface area (TPSA) is 64.2 Å². The van der Waals surface area contributed by atoms with Gasteiger partial charge in [-0.1, -0.05) is 25.4 Å². The van der Waals surface area contributed by atoms with E-state index in [4.69, 9.17) is 11.6 Å². The van der Waals surface area contributed by atoms with Crippen LogP contribution in [0.2, 0.25) is 5.02 Å². The van der Waals surface area contributed by atoms with E-state index in [1.54, 1.807) is 18.5 Å². The fourth-order valence-corrected chi connectivity index (χ4v) is 4.30. The highest BCUT2D eigenvalue weighted by Gasteiger charge is 2.16. The summed E-state index contributed by atoms with van der Waals surface area (Å²) in [4.78, 5) is 18.3. The van der Waals surface area contributed by atoms with Crippen molar-refractivity contribution in [2.24, 2.45) is 5.92 Å². The minimum Gasteiger partial charge on any atom is -0.347 e. The molecular weight excluding hydrogens is 394 g/mol. The number of rotatable bonds is 6. The maximum Gasteiger partial charge on any atom is 0.261 e. The summed E-state index contributed by atoms with van der Waals surface area (Å²) in [6, 6.07) is 5.63. The SMILES string of the molecule is CC(C)Cn1cc(-c2sc(C(=O)NCc3ccn4ccnc4c3)cc2Cl)cn1. The normalized spacial score (nSPS) is 11.4. The molecule has 0 radical (unpaired) electrons. The first-order chi connectivity index (χ1) is 13.5. The van der Waals surface area contributed by atoms with Crippen molar-refractivity contribution in [1.29, 1.82) is 0 Å². The Kier molecular flexibility index (Phi) is 5.19. The van der Waals surface area contributed by atoms with Gasteiger partial charge in [-0.25, -0.2) is 4.98 Å². The van der Waals surface area contributed by atoms with Gasteiger partial charge in [-0.05, 0) is 29.7 Å². The standard InChI is InChI=1S/C20H20ClN5OS/c1-13(2)11-26-12-15(10-24-26)19-16(21)8-17(28-19)20(27)23-9-14-3-5-25-6-4-22-18(25)7-14/h3-8,10,12-13H,9,11H2,1-2H3,(H,23,27). The second kappa shape index (κ2) is 7.77. The molecule has 0 spiro atoms. The number of imidazole rings is 1. The minimum atomic E-state index is -0.143. The van der Waals surface area contributed by atoms with E-state index < -0.39 is 0 Å². The average Bonchev–Trinajstić information content (AvgIpc) is 3.38. The molecule has 0 aromatic carbocycles. The van der Waals surface area contributed by atoms with Gasteiger partial charge < -0.3 is 9.72 Å². The van der Waals surface area contributed by atoms with Crippen LogP contribution in [-0.2, 0) is 13.1 Å². The van der Waals surface area contributed by atoms with Gasteiger partial charge in [-0.15, -0.1) is 11.3 Å². The monoisotopic (exact) mass is 413 g/mol. The van der Waals surface area contributed by atoms with Crippen molar-refractivity contribution >= 4 is 34.5 Å². The van der Waals surface area contributed by atoms with Crippen LogP contribution >= 0.6 is 22.9 Å². The van der Waals surface area contributed by atoms with Crippen LogP contribution in [0.4, 0.5) is 0 Å². The molecule has 4 heterocycles.